The van der Waals surface area contributed by atoms with Crippen molar-refractivity contribution >= 4 is 21.7 Å². The summed E-state index contributed by atoms with van der Waals surface area (Å²) in [5.74, 6) is 0.0919. The molecule has 0 bridgehead atoms. The fraction of sp³-hybridized carbons (Fsp3) is 0. The molecule has 0 N–H and O–H groups in total. The Balaban J connectivity index is 1.94. The normalized spacial score (nSPS) is 11.1. The van der Waals surface area contributed by atoms with E-state index in [1.165, 1.54) is 18.2 Å². The third-order valence-corrected chi connectivity index (χ3v) is 3.57. The first-order chi connectivity index (χ1) is 10.7. The Bertz CT molecular complexity index is 1070. The van der Waals surface area contributed by atoms with Crippen molar-refractivity contribution in [1.29, 1.82) is 0 Å². The molecule has 0 radical (unpaired) electrons. The van der Waals surface area contributed by atoms with Crippen LogP contribution in [0.15, 0.2) is 70.0 Å². The van der Waals surface area contributed by atoms with Gasteiger partial charge in [0.25, 0.3) is 0 Å². The number of nitrogens with zero attached hydrogens (tertiary/aromatic N) is 1. The predicted octanol–water partition coefficient (Wildman–Crippen LogP) is 4.15. The molecule has 2 aromatic heterocycles. The lowest BCUT2D eigenvalue weighted by molar-refractivity contribution is 0.616. The van der Waals surface area contributed by atoms with Crippen LogP contribution in [0.4, 0.5) is 4.39 Å². The van der Waals surface area contributed by atoms with E-state index in [2.05, 4.69) is 4.98 Å². The molecule has 0 aliphatic heterocycles. The topological polar surface area (TPSA) is 43.1 Å². The zero-order valence-corrected chi connectivity index (χ0v) is 11.4. The molecule has 0 aliphatic carbocycles. The second-order valence-corrected chi connectivity index (χ2v) is 5.03. The Morgan fingerprint density at radius 1 is 0.955 bits per heavy atom. The van der Waals surface area contributed by atoms with Gasteiger partial charge in [0.1, 0.15) is 17.1 Å². The molecule has 3 nitrogen and oxygen atoms in total. The molecule has 0 spiro atoms. The molecular weight excluding hydrogens is 281 g/mol. The van der Waals surface area contributed by atoms with Gasteiger partial charge >= 0.3 is 0 Å². The van der Waals surface area contributed by atoms with E-state index in [1.807, 2.05) is 6.07 Å². The number of benzene rings is 2. The summed E-state index contributed by atoms with van der Waals surface area (Å²) in [4.78, 5) is 16.4. The lowest BCUT2D eigenvalue weighted by Gasteiger charge is -2.04. The fourth-order valence-electron chi connectivity index (χ4n) is 2.48. The molecular formula is C18H10FNO2. The van der Waals surface area contributed by atoms with E-state index < -0.39 is 0 Å². The Morgan fingerprint density at radius 2 is 1.82 bits per heavy atom. The zero-order chi connectivity index (χ0) is 15.1. The van der Waals surface area contributed by atoms with Gasteiger partial charge in [-0.3, -0.25) is 9.78 Å². The van der Waals surface area contributed by atoms with Crippen molar-refractivity contribution in [2.24, 2.45) is 0 Å². The zero-order valence-electron chi connectivity index (χ0n) is 11.4. The van der Waals surface area contributed by atoms with Crippen molar-refractivity contribution in [3.63, 3.8) is 0 Å². The van der Waals surface area contributed by atoms with Crippen LogP contribution in [0.2, 0.25) is 0 Å². The largest absolute Gasteiger partial charge is 0.454 e. The third-order valence-electron chi connectivity index (χ3n) is 3.57. The molecule has 4 heteroatoms. The predicted molar refractivity (Wildman–Crippen MR) is 83.2 cm³/mol. The second kappa shape index (κ2) is 4.77. The van der Waals surface area contributed by atoms with Gasteiger partial charge in [0.2, 0.25) is 0 Å². The molecule has 0 saturated heterocycles. The third kappa shape index (κ3) is 2.05. The summed E-state index contributed by atoms with van der Waals surface area (Å²) < 4.78 is 19.0. The van der Waals surface area contributed by atoms with Crippen LogP contribution < -0.4 is 5.43 Å². The number of fused-ring (bicyclic) bond motifs is 2. The van der Waals surface area contributed by atoms with Gasteiger partial charge in [-0.05, 0) is 35.7 Å². The van der Waals surface area contributed by atoms with E-state index in [0.717, 1.165) is 5.39 Å². The first-order valence-corrected chi connectivity index (χ1v) is 6.79. The molecule has 22 heavy (non-hydrogen) atoms. The molecule has 106 valence electrons. The van der Waals surface area contributed by atoms with Crippen LogP contribution in [0.5, 0.6) is 0 Å². The Morgan fingerprint density at radius 3 is 2.73 bits per heavy atom. The van der Waals surface area contributed by atoms with Crippen molar-refractivity contribution in [1.82, 2.24) is 4.98 Å². The highest BCUT2D eigenvalue weighted by Crippen LogP contribution is 2.24. The fourth-order valence-corrected chi connectivity index (χ4v) is 2.48. The summed E-state index contributed by atoms with van der Waals surface area (Å²) in [6, 6.07) is 14.8. The standard InChI is InChI=1S/C18H10FNO2/c19-13-6-5-11-8-15(20-10-12(11)7-13)18-9-16(21)14-3-1-2-4-17(14)22-18/h1-10H. The molecule has 2 aromatic carbocycles. The molecule has 0 atom stereocenters. The van der Waals surface area contributed by atoms with Gasteiger partial charge in [-0.25, -0.2) is 4.39 Å². The molecule has 4 rings (SSSR count). The van der Waals surface area contributed by atoms with Gasteiger partial charge < -0.3 is 4.42 Å². The van der Waals surface area contributed by atoms with Crippen molar-refractivity contribution < 1.29 is 8.81 Å². The molecule has 4 aromatic rings. The minimum absolute atomic E-state index is 0.113. The maximum Gasteiger partial charge on any atom is 0.193 e. The first kappa shape index (κ1) is 12.7. The molecule has 0 fully saturated rings. The summed E-state index contributed by atoms with van der Waals surface area (Å²) >= 11 is 0. The van der Waals surface area contributed by atoms with Gasteiger partial charge in [-0.1, -0.05) is 18.2 Å². The van der Waals surface area contributed by atoms with E-state index in [1.54, 1.807) is 36.5 Å². The van der Waals surface area contributed by atoms with Crippen LogP contribution in [-0.2, 0) is 0 Å². The Hall–Kier alpha value is -3.01. The van der Waals surface area contributed by atoms with Gasteiger partial charge in [-0.2, -0.15) is 0 Å². The minimum atomic E-state index is -0.306. The molecule has 0 unspecified atom stereocenters. The number of hydrogen-bond donors (Lipinski definition) is 0. The van der Waals surface area contributed by atoms with E-state index in [-0.39, 0.29) is 11.2 Å². The van der Waals surface area contributed by atoms with E-state index >= 15 is 0 Å². The quantitative estimate of drug-likeness (QED) is 0.529. The summed E-state index contributed by atoms with van der Waals surface area (Å²) in [5, 5.41) is 2.07. The highest BCUT2D eigenvalue weighted by Gasteiger charge is 2.08. The number of aromatic nitrogens is 1. The number of pyridine rings is 1. The van der Waals surface area contributed by atoms with Crippen LogP contribution in [0.3, 0.4) is 0 Å². The molecule has 2 heterocycles. The summed E-state index contributed by atoms with van der Waals surface area (Å²) in [7, 11) is 0. The van der Waals surface area contributed by atoms with Crippen LogP contribution in [0, 0.1) is 5.82 Å². The average molecular weight is 291 g/mol. The van der Waals surface area contributed by atoms with E-state index in [0.29, 0.717) is 27.8 Å². The Kier molecular flexibility index (Phi) is 2.76. The van der Waals surface area contributed by atoms with Gasteiger partial charge in [0.15, 0.2) is 11.2 Å². The van der Waals surface area contributed by atoms with Gasteiger partial charge in [0, 0.05) is 17.6 Å². The van der Waals surface area contributed by atoms with E-state index in [4.69, 9.17) is 4.42 Å². The van der Waals surface area contributed by atoms with Gasteiger partial charge in [0.05, 0.1) is 5.39 Å². The lowest BCUT2D eigenvalue weighted by atomic mass is 10.1. The SMILES string of the molecule is O=c1cc(-c2cc3ccc(F)cc3cn2)oc2ccccc12. The number of halogens is 1. The number of hydrogen-bond acceptors (Lipinski definition) is 3. The van der Waals surface area contributed by atoms with Crippen molar-refractivity contribution in [2.45, 2.75) is 0 Å². The van der Waals surface area contributed by atoms with Crippen molar-refractivity contribution in [3.05, 3.63) is 76.8 Å². The molecule has 0 saturated carbocycles. The number of para-hydroxylation sites is 1. The average Bonchev–Trinajstić information content (AvgIpc) is 2.54. The summed E-state index contributed by atoms with van der Waals surface area (Å²) in [6.45, 7) is 0. The maximum absolute atomic E-state index is 13.2. The highest BCUT2D eigenvalue weighted by molar-refractivity contribution is 5.85. The van der Waals surface area contributed by atoms with Gasteiger partial charge in [-0.15, -0.1) is 0 Å². The van der Waals surface area contributed by atoms with Crippen LogP contribution in [0.1, 0.15) is 0 Å². The highest BCUT2D eigenvalue weighted by atomic mass is 19.1. The molecule has 0 aliphatic rings. The Labute approximate surface area is 124 Å². The van der Waals surface area contributed by atoms with Crippen LogP contribution in [0.25, 0.3) is 33.2 Å². The number of rotatable bonds is 1. The molecule has 0 amide bonds. The summed E-state index contributed by atoms with van der Waals surface area (Å²) in [6.07, 6.45) is 1.57. The van der Waals surface area contributed by atoms with Crippen molar-refractivity contribution in [2.75, 3.05) is 0 Å². The van der Waals surface area contributed by atoms with Crippen molar-refractivity contribution in [3.8, 4) is 11.5 Å². The maximum atomic E-state index is 13.2. The van der Waals surface area contributed by atoms with E-state index in [9.17, 15) is 9.18 Å². The summed E-state index contributed by atoms with van der Waals surface area (Å²) in [5.41, 5.74) is 0.950. The lowest BCUT2D eigenvalue weighted by Crippen LogP contribution is -2.00. The monoisotopic (exact) mass is 291 g/mol. The smallest absolute Gasteiger partial charge is 0.193 e. The van der Waals surface area contributed by atoms with Crippen LogP contribution in [-0.4, -0.2) is 4.98 Å². The minimum Gasteiger partial charge on any atom is -0.454 e. The van der Waals surface area contributed by atoms with Crippen LogP contribution >= 0.6 is 0 Å². The second-order valence-electron chi connectivity index (χ2n) is 5.03. The first-order valence-electron chi connectivity index (χ1n) is 6.79.